The molecule has 1 saturated carbocycles. The van der Waals surface area contributed by atoms with E-state index in [-0.39, 0.29) is 23.8 Å². The molecule has 1 aromatic carbocycles. The van der Waals surface area contributed by atoms with Gasteiger partial charge in [-0.15, -0.1) is 0 Å². The number of fused-ring (bicyclic) bond motifs is 1. The molecule has 132 valence electrons. The first-order chi connectivity index (χ1) is 11.6. The summed E-state index contributed by atoms with van der Waals surface area (Å²) in [7, 11) is -3.53. The van der Waals surface area contributed by atoms with Crippen molar-refractivity contribution in [3.8, 4) is 0 Å². The molecule has 24 heavy (non-hydrogen) atoms. The molecule has 1 aliphatic carbocycles. The molecule has 0 bridgehead atoms. The summed E-state index contributed by atoms with van der Waals surface area (Å²) in [6.45, 7) is 0.982. The fourth-order valence-corrected chi connectivity index (χ4v) is 5.11. The zero-order valence-electron chi connectivity index (χ0n) is 14.0. The molecule has 1 aliphatic heterocycles. The minimum Gasteiger partial charge on any atom is -0.339 e. The van der Waals surface area contributed by atoms with Crippen LogP contribution in [0.4, 0.5) is 0 Å². The standard InChI is InChI=1S/C18H26N2O3S/c21-18(20-14-6-8-15-7-4-5-11-17(15)20)12-13-19-24(22,23)16-9-2-1-3-10-16/h1-3,9-10,15,17,19H,4-8,11-14H2. The number of carbonyl (C=O) groups is 1. The van der Waals surface area contributed by atoms with Crippen LogP contribution in [0.5, 0.6) is 0 Å². The van der Waals surface area contributed by atoms with Crippen LogP contribution in [0.2, 0.25) is 0 Å². The Morgan fingerprint density at radius 1 is 1.08 bits per heavy atom. The van der Waals surface area contributed by atoms with Gasteiger partial charge in [0.15, 0.2) is 0 Å². The maximum Gasteiger partial charge on any atom is 0.240 e. The van der Waals surface area contributed by atoms with Crippen LogP contribution in [0.3, 0.4) is 0 Å². The Morgan fingerprint density at radius 2 is 1.79 bits per heavy atom. The Bertz CT molecular complexity index is 658. The number of rotatable bonds is 5. The van der Waals surface area contributed by atoms with E-state index < -0.39 is 10.0 Å². The molecule has 5 nitrogen and oxygen atoms in total. The van der Waals surface area contributed by atoms with Crippen LogP contribution in [0, 0.1) is 5.92 Å². The number of amides is 1. The number of sulfonamides is 1. The van der Waals surface area contributed by atoms with Crippen molar-refractivity contribution in [1.82, 2.24) is 9.62 Å². The first-order valence-corrected chi connectivity index (χ1v) is 10.4. The summed E-state index contributed by atoms with van der Waals surface area (Å²) in [5.41, 5.74) is 0. The molecule has 1 aromatic rings. The Morgan fingerprint density at radius 3 is 2.58 bits per heavy atom. The van der Waals surface area contributed by atoms with Crippen molar-refractivity contribution in [2.45, 2.75) is 55.9 Å². The third kappa shape index (κ3) is 3.98. The molecule has 1 heterocycles. The van der Waals surface area contributed by atoms with E-state index in [2.05, 4.69) is 4.72 Å². The Kier molecular flexibility index (Phi) is 5.56. The van der Waals surface area contributed by atoms with Crippen molar-refractivity contribution in [3.05, 3.63) is 30.3 Å². The maximum atomic E-state index is 12.6. The van der Waals surface area contributed by atoms with Gasteiger partial charge >= 0.3 is 0 Å². The van der Waals surface area contributed by atoms with Crippen LogP contribution in [0.15, 0.2) is 35.2 Å². The molecule has 2 aliphatic rings. The first-order valence-electron chi connectivity index (χ1n) is 8.92. The SMILES string of the molecule is O=C(CCNS(=O)(=O)c1ccccc1)N1CCCC2CCCCC21. The van der Waals surface area contributed by atoms with Crippen molar-refractivity contribution in [3.63, 3.8) is 0 Å². The maximum absolute atomic E-state index is 12.6. The smallest absolute Gasteiger partial charge is 0.240 e. The average Bonchev–Trinajstić information content (AvgIpc) is 2.61. The third-order valence-electron chi connectivity index (χ3n) is 5.25. The lowest BCUT2D eigenvalue weighted by Crippen LogP contribution is -2.50. The minimum absolute atomic E-state index is 0.0855. The van der Waals surface area contributed by atoms with E-state index >= 15 is 0 Å². The second kappa shape index (κ2) is 7.66. The second-order valence-electron chi connectivity index (χ2n) is 6.80. The molecule has 1 amide bonds. The molecule has 2 unspecified atom stereocenters. The van der Waals surface area contributed by atoms with E-state index in [1.165, 1.54) is 25.7 Å². The number of hydrogen-bond acceptors (Lipinski definition) is 3. The summed E-state index contributed by atoms with van der Waals surface area (Å²) in [6.07, 6.45) is 7.35. The van der Waals surface area contributed by atoms with Crippen LogP contribution in [-0.4, -0.2) is 38.4 Å². The molecule has 2 atom stereocenters. The van der Waals surface area contributed by atoms with E-state index in [4.69, 9.17) is 0 Å². The summed E-state index contributed by atoms with van der Waals surface area (Å²) in [5.74, 6) is 0.736. The first kappa shape index (κ1) is 17.4. The van der Waals surface area contributed by atoms with Crippen LogP contribution in [0.25, 0.3) is 0 Å². The Labute approximate surface area is 144 Å². The molecule has 2 fully saturated rings. The zero-order valence-corrected chi connectivity index (χ0v) is 14.8. The van der Waals surface area contributed by atoms with Crippen LogP contribution in [-0.2, 0) is 14.8 Å². The van der Waals surface area contributed by atoms with Gasteiger partial charge in [-0.3, -0.25) is 4.79 Å². The van der Waals surface area contributed by atoms with Gasteiger partial charge in [-0.05, 0) is 43.7 Å². The van der Waals surface area contributed by atoms with Crippen LogP contribution >= 0.6 is 0 Å². The van der Waals surface area contributed by atoms with Crippen LogP contribution < -0.4 is 4.72 Å². The topological polar surface area (TPSA) is 66.5 Å². The highest BCUT2D eigenvalue weighted by molar-refractivity contribution is 7.89. The van der Waals surface area contributed by atoms with Gasteiger partial charge in [0.1, 0.15) is 0 Å². The zero-order chi connectivity index (χ0) is 17.0. The quantitative estimate of drug-likeness (QED) is 0.887. The van der Waals surface area contributed by atoms with E-state index in [9.17, 15) is 13.2 Å². The molecule has 1 N–H and O–H groups in total. The summed E-state index contributed by atoms with van der Waals surface area (Å²) >= 11 is 0. The van der Waals surface area contributed by atoms with Crippen molar-refractivity contribution in [2.24, 2.45) is 5.92 Å². The van der Waals surface area contributed by atoms with Gasteiger partial charge in [0.25, 0.3) is 0 Å². The highest BCUT2D eigenvalue weighted by atomic mass is 32.2. The van der Waals surface area contributed by atoms with Crippen molar-refractivity contribution in [2.75, 3.05) is 13.1 Å². The predicted molar refractivity (Wildman–Crippen MR) is 92.9 cm³/mol. The minimum atomic E-state index is -3.53. The summed E-state index contributed by atoms with van der Waals surface area (Å²) < 4.78 is 26.9. The number of hydrogen-bond donors (Lipinski definition) is 1. The largest absolute Gasteiger partial charge is 0.339 e. The van der Waals surface area contributed by atoms with E-state index in [0.29, 0.717) is 12.0 Å². The number of piperidine rings is 1. The van der Waals surface area contributed by atoms with E-state index in [1.54, 1.807) is 30.3 Å². The predicted octanol–water partition coefficient (Wildman–Crippen LogP) is 2.54. The number of benzene rings is 1. The molecule has 0 spiro atoms. The fraction of sp³-hybridized carbons (Fsp3) is 0.611. The number of nitrogens with zero attached hydrogens (tertiary/aromatic N) is 1. The Balaban J connectivity index is 1.54. The van der Waals surface area contributed by atoms with Crippen LogP contribution in [0.1, 0.15) is 44.9 Å². The van der Waals surface area contributed by atoms with E-state index in [0.717, 1.165) is 19.4 Å². The highest BCUT2D eigenvalue weighted by Gasteiger charge is 2.35. The second-order valence-corrected chi connectivity index (χ2v) is 8.57. The van der Waals surface area contributed by atoms with Crippen molar-refractivity contribution >= 4 is 15.9 Å². The summed E-state index contributed by atoms with van der Waals surface area (Å²) in [6, 6.07) is 8.65. The number of nitrogens with one attached hydrogen (secondary N) is 1. The summed E-state index contributed by atoms with van der Waals surface area (Å²) in [4.78, 5) is 14.8. The highest BCUT2D eigenvalue weighted by Crippen LogP contribution is 2.35. The van der Waals surface area contributed by atoms with Gasteiger partial charge < -0.3 is 4.90 Å². The van der Waals surface area contributed by atoms with Gasteiger partial charge in [0.2, 0.25) is 15.9 Å². The molecule has 1 saturated heterocycles. The summed E-state index contributed by atoms with van der Waals surface area (Å²) in [5, 5.41) is 0. The van der Waals surface area contributed by atoms with Gasteiger partial charge in [0.05, 0.1) is 4.90 Å². The fourth-order valence-electron chi connectivity index (χ4n) is 4.05. The molecular formula is C18H26N2O3S. The number of carbonyl (C=O) groups excluding carboxylic acids is 1. The lowest BCUT2D eigenvalue weighted by Gasteiger charge is -2.44. The molecule has 0 aromatic heterocycles. The monoisotopic (exact) mass is 350 g/mol. The normalized spacial score (nSPS) is 24.4. The van der Waals surface area contributed by atoms with E-state index in [1.807, 2.05) is 4.90 Å². The molecule has 3 rings (SSSR count). The molecular weight excluding hydrogens is 324 g/mol. The lowest BCUT2D eigenvalue weighted by molar-refractivity contribution is -0.137. The lowest BCUT2D eigenvalue weighted by atomic mass is 9.78. The Hall–Kier alpha value is -1.40. The van der Waals surface area contributed by atoms with Crippen molar-refractivity contribution < 1.29 is 13.2 Å². The molecule has 0 radical (unpaired) electrons. The molecule has 6 heteroatoms. The average molecular weight is 350 g/mol. The van der Waals surface area contributed by atoms with Crippen molar-refractivity contribution in [1.29, 1.82) is 0 Å². The van der Waals surface area contributed by atoms with Gasteiger partial charge in [-0.2, -0.15) is 0 Å². The number of likely N-dealkylation sites (tertiary alicyclic amines) is 1. The van der Waals surface area contributed by atoms with Gasteiger partial charge in [-0.1, -0.05) is 31.0 Å². The third-order valence-corrected chi connectivity index (χ3v) is 6.72. The van der Waals surface area contributed by atoms with Gasteiger partial charge in [0, 0.05) is 25.6 Å². The van der Waals surface area contributed by atoms with Gasteiger partial charge in [-0.25, -0.2) is 13.1 Å².